The molecule has 1 saturated carbocycles. The van der Waals surface area contributed by atoms with Gasteiger partial charge in [0.15, 0.2) is 0 Å². The van der Waals surface area contributed by atoms with E-state index in [0.717, 1.165) is 12.0 Å². The Balaban J connectivity index is 2.01. The van der Waals surface area contributed by atoms with E-state index in [1.165, 1.54) is 0 Å². The standard InChI is InChI=1S/C15H24O3/c1-14(2,3)13(17)18-8-9-6-12(16)11-7-10(9)15(11,4)5/h6,10-12,16H,7-8H2,1-5H3/t10-,11?,12?/m1/s1. The van der Waals surface area contributed by atoms with Crippen molar-refractivity contribution in [2.75, 3.05) is 6.61 Å². The average Bonchev–Trinajstić information content (AvgIpc) is 2.23. The Hall–Kier alpha value is -0.830. The minimum Gasteiger partial charge on any atom is -0.461 e. The van der Waals surface area contributed by atoms with E-state index in [0.29, 0.717) is 18.4 Å². The van der Waals surface area contributed by atoms with Gasteiger partial charge in [0, 0.05) is 0 Å². The number of hydrogen-bond donors (Lipinski definition) is 1. The minimum atomic E-state index is -0.467. The second-order valence-electron chi connectivity index (χ2n) is 7.27. The molecule has 1 N–H and O–H groups in total. The lowest BCUT2D eigenvalue weighted by Gasteiger charge is -2.58. The molecule has 3 atom stereocenters. The van der Waals surface area contributed by atoms with Gasteiger partial charge in [0.1, 0.15) is 6.61 Å². The van der Waals surface area contributed by atoms with Gasteiger partial charge in [0.2, 0.25) is 0 Å². The molecule has 3 heteroatoms. The van der Waals surface area contributed by atoms with Gasteiger partial charge >= 0.3 is 5.97 Å². The van der Waals surface area contributed by atoms with E-state index in [1.807, 2.05) is 26.8 Å². The van der Waals surface area contributed by atoms with Crippen LogP contribution in [0.5, 0.6) is 0 Å². The molecule has 0 saturated heterocycles. The fourth-order valence-electron chi connectivity index (χ4n) is 3.13. The molecule has 102 valence electrons. The highest BCUT2D eigenvalue weighted by Gasteiger charge is 2.55. The van der Waals surface area contributed by atoms with Gasteiger partial charge in [-0.05, 0) is 50.0 Å². The number of carbonyl (C=O) groups excluding carboxylic acids is 1. The van der Waals surface area contributed by atoms with Crippen molar-refractivity contribution in [2.24, 2.45) is 22.7 Å². The topological polar surface area (TPSA) is 46.5 Å². The van der Waals surface area contributed by atoms with Gasteiger partial charge in [-0.15, -0.1) is 0 Å². The van der Waals surface area contributed by atoms with Crippen LogP contribution >= 0.6 is 0 Å². The summed E-state index contributed by atoms with van der Waals surface area (Å²) in [6.07, 6.45) is 2.53. The van der Waals surface area contributed by atoms with Gasteiger partial charge in [-0.25, -0.2) is 0 Å². The first-order chi connectivity index (χ1) is 8.14. The molecule has 0 amide bonds. The molecule has 0 aliphatic heterocycles. The Morgan fingerprint density at radius 2 is 2.11 bits per heavy atom. The summed E-state index contributed by atoms with van der Waals surface area (Å²) in [5, 5.41) is 10.0. The monoisotopic (exact) mass is 252 g/mol. The van der Waals surface area contributed by atoms with Crippen LogP contribution in [0.3, 0.4) is 0 Å². The summed E-state index contributed by atoms with van der Waals surface area (Å²) in [6.45, 7) is 10.3. The summed E-state index contributed by atoms with van der Waals surface area (Å²) in [4.78, 5) is 11.8. The largest absolute Gasteiger partial charge is 0.461 e. The number of esters is 1. The smallest absolute Gasteiger partial charge is 0.311 e. The lowest BCUT2D eigenvalue weighted by atomic mass is 9.48. The molecule has 3 rings (SSSR count). The molecule has 2 unspecified atom stereocenters. The SMILES string of the molecule is CC(C)(C)C(=O)OCC1=CC(O)C2C[C@H]1C2(C)C. The summed E-state index contributed by atoms with van der Waals surface area (Å²) >= 11 is 0. The van der Waals surface area contributed by atoms with E-state index in [4.69, 9.17) is 4.74 Å². The molecule has 2 bridgehead atoms. The molecule has 3 aliphatic rings. The zero-order chi connectivity index (χ0) is 13.7. The first kappa shape index (κ1) is 13.6. The maximum absolute atomic E-state index is 11.8. The molecule has 1 fully saturated rings. The van der Waals surface area contributed by atoms with Crippen LogP contribution in [0.25, 0.3) is 0 Å². The lowest BCUT2D eigenvalue weighted by molar-refractivity contribution is -0.153. The van der Waals surface area contributed by atoms with Gasteiger partial charge in [-0.2, -0.15) is 0 Å². The zero-order valence-electron chi connectivity index (χ0n) is 12.0. The maximum Gasteiger partial charge on any atom is 0.311 e. The number of aliphatic hydroxyl groups is 1. The van der Waals surface area contributed by atoms with Crippen LogP contribution < -0.4 is 0 Å². The first-order valence-corrected chi connectivity index (χ1v) is 6.70. The molecule has 3 nitrogen and oxygen atoms in total. The molecule has 0 aromatic rings. The van der Waals surface area contributed by atoms with Crippen molar-refractivity contribution in [1.82, 2.24) is 0 Å². The summed E-state index contributed by atoms with van der Waals surface area (Å²) in [5.41, 5.74) is 0.760. The van der Waals surface area contributed by atoms with Crippen LogP contribution in [0, 0.1) is 22.7 Å². The van der Waals surface area contributed by atoms with Gasteiger partial charge in [-0.3, -0.25) is 4.79 Å². The van der Waals surface area contributed by atoms with Crippen molar-refractivity contribution in [3.05, 3.63) is 11.6 Å². The molecular weight excluding hydrogens is 228 g/mol. The van der Waals surface area contributed by atoms with E-state index in [2.05, 4.69) is 13.8 Å². The van der Waals surface area contributed by atoms with E-state index in [1.54, 1.807) is 0 Å². The lowest BCUT2D eigenvalue weighted by Crippen LogP contribution is -2.54. The molecular formula is C15H24O3. The van der Waals surface area contributed by atoms with Crippen molar-refractivity contribution in [3.63, 3.8) is 0 Å². The highest BCUT2D eigenvalue weighted by Crippen LogP contribution is 2.59. The predicted molar refractivity (Wildman–Crippen MR) is 69.9 cm³/mol. The van der Waals surface area contributed by atoms with E-state index in [9.17, 15) is 9.90 Å². The van der Waals surface area contributed by atoms with Crippen LogP contribution in [-0.4, -0.2) is 23.8 Å². The highest BCUT2D eigenvalue weighted by atomic mass is 16.5. The second-order valence-corrected chi connectivity index (χ2v) is 7.27. The van der Waals surface area contributed by atoms with Crippen LogP contribution in [0.15, 0.2) is 11.6 Å². The van der Waals surface area contributed by atoms with Gasteiger partial charge in [-0.1, -0.05) is 19.9 Å². The van der Waals surface area contributed by atoms with Crippen molar-refractivity contribution < 1.29 is 14.6 Å². The number of fused-ring (bicyclic) bond motifs is 1. The van der Waals surface area contributed by atoms with Crippen molar-refractivity contribution in [2.45, 2.75) is 47.1 Å². The molecule has 18 heavy (non-hydrogen) atoms. The van der Waals surface area contributed by atoms with Gasteiger partial charge in [0.05, 0.1) is 11.5 Å². The number of rotatable bonds is 2. The van der Waals surface area contributed by atoms with E-state index < -0.39 is 5.41 Å². The third-order valence-corrected chi connectivity index (χ3v) is 4.57. The number of ether oxygens (including phenoxy) is 1. The van der Waals surface area contributed by atoms with Crippen molar-refractivity contribution in [3.8, 4) is 0 Å². The van der Waals surface area contributed by atoms with Crippen LogP contribution in [0.1, 0.15) is 41.0 Å². The second kappa shape index (κ2) is 4.09. The predicted octanol–water partition coefficient (Wildman–Crippen LogP) is 2.54. The molecule has 0 heterocycles. The van der Waals surface area contributed by atoms with Gasteiger partial charge < -0.3 is 9.84 Å². The Bertz CT molecular complexity index is 387. The summed E-state index contributed by atoms with van der Waals surface area (Å²) in [5.74, 6) is 0.639. The maximum atomic E-state index is 11.8. The highest BCUT2D eigenvalue weighted by molar-refractivity contribution is 5.75. The van der Waals surface area contributed by atoms with Crippen LogP contribution in [0.2, 0.25) is 0 Å². The number of carbonyl (C=O) groups is 1. The molecule has 0 spiro atoms. The summed E-state index contributed by atoms with van der Waals surface area (Å²) in [7, 11) is 0. The fourth-order valence-corrected chi connectivity index (χ4v) is 3.13. The first-order valence-electron chi connectivity index (χ1n) is 6.70. The molecule has 0 aromatic heterocycles. The van der Waals surface area contributed by atoms with Crippen LogP contribution in [-0.2, 0) is 9.53 Å². The normalized spacial score (nSPS) is 33.4. The third-order valence-electron chi connectivity index (χ3n) is 4.57. The van der Waals surface area contributed by atoms with Crippen LogP contribution in [0.4, 0.5) is 0 Å². The average molecular weight is 252 g/mol. The van der Waals surface area contributed by atoms with Crippen molar-refractivity contribution >= 4 is 5.97 Å². The van der Waals surface area contributed by atoms with E-state index in [-0.39, 0.29) is 17.5 Å². The minimum absolute atomic E-state index is 0.137. The summed E-state index contributed by atoms with van der Waals surface area (Å²) in [6, 6.07) is 0. The molecule has 0 radical (unpaired) electrons. The number of aliphatic hydroxyl groups excluding tert-OH is 1. The number of hydrogen-bond acceptors (Lipinski definition) is 3. The van der Waals surface area contributed by atoms with E-state index >= 15 is 0 Å². The summed E-state index contributed by atoms with van der Waals surface area (Å²) < 4.78 is 5.36. The Kier molecular flexibility index (Phi) is 3.09. The fraction of sp³-hybridized carbons (Fsp3) is 0.800. The Labute approximate surface area is 109 Å². The molecule has 0 aromatic carbocycles. The molecule has 3 aliphatic carbocycles. The zero-order valence-corrected chi connectivity index (χ0v) is 12.0. The Morgan fingerprint density at radius 3 is 2.56 bits per heavy atom. The van der Waals surface area contributed by atoms with Gasteiger partial charge in [0.25, 0.3) is 0 Å². The quantitative estimate of drug-likeness (QED) is 0.607. The van der Waals surface area contributed by atoms with Crippen molar-refractivity contribution in [1.29, 1.82) is 0 Å². The Morgan fingerprint density at radius 1 is 1.50 bits per heavy atom. The third kappa shape index (κ3) is 2.09.